The van der Waals surface area contributed by atoms with E-state index in [1.807, 2.05) is 22.6 Å². The molecule has 0 aliphatic carbocycles. The summed E-state index contributed by atoms with van der Waals surface area (Å²) >= 11 is 2.04. The molecular weight excluding hydrogens is 427 g/mol. The number of hydrogen-bond donors (Lipinski definition) is 1. The van der Waals surface area contributed by atoms with Gasteiger partial charge >= 0.3 is 5.97 Å². The molecule has 7 nitrogen and oxygen atoms in total. The Bertz CT molecular complexity index is 857. The van der Waals surface area contributed by atoms with Crippen LogP contribution >= 0.6 is 22.6 Å². The summed E-state index contributed by atoms with van der Waals surface area (Å²) in [5, 5.41) is 1.03. The highest BCUT2D eigenvalue weighted by molar-refractivity contribution is 14.1. The number of nitrogens with zero attached hydrogens (tertiary/aromatic N) is 1. The van der Waals surface area contributed by atoms with Crippen LogP contribution in [0, 0.1) is 3.57 Å². The van der Waals surface area contributed by atoms with Gasteiger partial charge in [0.2, 0.25) is 0 Å². The SMILES string of the molecule is COC(=O)c1cc(I)ccc1N1NC(=O)C(=Cc2ccco2)C1=O. The van der Waals surface area contributed by atoms with Crippen LogP contribution in [-0.4, -0.2) is 24.9 Å². The Kier molecular flexibility index (Phi) is 4.38. The molecule has 0 radical (unpaired) electrons. The molecule has 1 aliphatic rings. The number of carbonyl (C=O) groups excluding carboxylic acids is 3. The number of methoxy groups -OCH3 is 1. The number of anilines is 1. The van der Waals surface area contributed by atoms with E-state index in [1.54, 1.807) is 30.3 Å². The topological polar surface area (TPSA) is 88.8 Å². The average Bonchev–Trinajstić information content (AvgIpc) is 3.18. The molecule has 0 unspecified atom stereocenters. The summed E-state index contributed by atoms with van der Waals surface area (Å²) in [5.41, 5.74) is 2.78. The predicted molar refractivity (Wildman–Crippen MR) is 92.8 cm³/mol. The third-order valence-corrected chi connectivity index (χ3v) is 4.00. The lowest BCUT2D eigenvalue weighted by Gasteiger charge is -2.18. The fourth-order valence-electron chi connectivity index (χ4n) is 2.22. The van der Waals surface area contributed by atoms with Crippen molar-refractivity contribution in [3.8, 4) is 0 Å². The standard InChI is InChI=1S/C16H11IN2O5/c1-23-16(22)11-7-9(17)4-5-13(11)19-15(21)12(14(20)18-19)8-10-3-2-6-24-10/h2-8H,1H3,(H,18,20). The molecule has 0 saturated carbocycles. The number of carbonyl (C=O) groups is 3. The van der Waals surface area contributed by atoms with Crippen LogP contribution in [-0.2, 0) is 14.3 Å². The normalized spacial score (nSPS) is 15.8. The Hall–Kier alpha value is -2.62. The second-order valence-electron chi connectivity index (χ2n) is 4.81. The maximum Gasteiger partial charge on any atom is 0.340 e. The van der Waals surface area contributed by atoms with E-state index in [0.717, 1.165) is 8.58 Å². The van der Waals surface area contributed by atoms with E-state index < -0.39 is 17.8 Å². The number of esters is 1. The molecule has 0 bridgehead atoms. The zero-order valence-electron chi connectivity index (χ0n) is 12.4. The summed E-state index contributed by atoms with van der Waals surface area (Å²) in [6, 6.07) is 8.14. The lowest BCUT2D eigenvalue weighted by molar-refractivity contribution is -0.117. The van der Waals surface area contributed by atoms with E-state index in [9.17, 15) is 14.4 Å². The summed E-state index contributed by atoms with van der Waals surface area (Å²) in [6.45, 7) is 0. The first-order valence-corrected chi connectivity index (χ1v) is 7.87. The van der Waals surface area contributed by atoms with Gasteiger partial charge in [0.1, 0.15) is 11.3 Å². The predicted octanol–water partition coefficient (Wildman–Crippen LogP) is 2.13. The smallest absolute Gasteiger partial charge is 0.340 e. The van der Waals surface area contributed by atoms with Crippen molar-refractivity contribution in [3.63, 3.8) is 0 Å². The van der Waals surface area contributed by atoms with Crippen molar-refractivity contribution in [1.82, 2.24) is 5.43 Å². The molecule has 24 heavy (non-hydrogen) atoms. The Morgan fingerprint density at radius 2 is 2.12 bits per heavy atom. The third kappa shape index (κ3) is 2.92. The quantitative estimate of drug-likeness (QED) is 0.344. The largest absolute Gasteiger partial charge is 0.465 e. The van der Waals surface area contributed by atoms with Gasteiger partial charge in [-0.1, -0.05) is 0 Å². The van der Waals surface area contributed by atoms with Crippen LogP contribution < -0.4 is 10.4 Å². The lowest BCUT2D eigenvalue weighted by atomic mass is 10.1. The number of hydrazine groups is 1. The Morgan fingerprint density at radius 1 is 1.33 bits per heavy atom. The van der Waals surface area contributed by atoms with Crippen molar-refractivity contribution in [2.75, 3.05) is 12.1 Å². The minimum atomic E-state index is -0.603. The highest BCUT2D eigenvalue weighted by Crippen LogP contribution is 2.27. The fraction of sp³-hybridized carbons (Fsp3) is 0.0625. The molecular formula is C16H11IN2O5. The monoisotopic (exact) mass is 438 g/mol. The van der Waals surface area contributed by atoms with Gasteiger partial charge in [0, 0.05) is 3.57 Å². The van der Waals surface area contributed by atoms with Gasteiger partial charge in [-0.3, -0.25) is 15.0 Å². The number of amides is 2. The molecule has 1 saturated heterocycles. The van der Waals surface area contributed by atoms with E-state index in [4.69, 9.17) is 9.15 Å². The van der Waals surface area contributed by atoms with Gasteiger partial charge in [0.25, 0.3) is 11.8 Å². The molecule has 1 aliphatic heterocycles. The van der Waals surface area contributed by atoms with E-state index in [2.05, 4.69) is 5.43 Å². The Balaban J connectivity index is 2.02. The van der Waals surface area contributed by atoms with Crippen molar-refractivity contribution in [2.24, 2.45) is 0 Å². The van der Waals surface area contributed by atoms with Crippen LogP contribution in [0.1, 0.15) is 16.1 Å². The minimum Gasteiger partial charge on any atom is -0.465 e. The Labute approximate surface area is 150 Å². The van der Waals surface area contributed by atoms with Crippen LogP contribution in [0.3, 0.4) is 0 Å². The third-order valence-electron chi connectivity index (χ3n) is 3.33. The van der Waals surface area contributed by atoms with Crippen LogP contribution in [0.5, 0.6) is 0 Å². The number of benzene rings is 1. The molecule has 1 aromatic heterocycles. The second-order valence-corrected chi connectivity index (χ2v) is 6.05. The van der Waals surface area contributed by atoms with E-state index >= 15 is 0 Å². The van der Waals surface area contributed by atoms with Gasteiger partial charge < -0.3 is 9.15 Å². The molecule has 122 valence electrons. The number of ether oxygens (including phenoxy) is 1. The van der Waals surface area contributed by atoms with Gasteiger partial charge in [-0.05, 0) is 59.0 Å². The molecule has 1 N–H and O–H groups in total. The van der Waals surface area contributed by atoms with Gasteiger partial charge in [0.05, 0.1) is 24.6 Å². The van der Waals surface area contributed by atoms with Crippen molar-refractivity contribution in [1.29, 1.82) is 0 Å². The number of rotatable bonds is 3. The number of furan rings is 1. The number of nitrogens with one attached hydrogen (secondary N) is 1. The summed E-state index contributed by atoms with van der Waals surface area (Å²) in [4.78, 5) is 36.6. The van der Waals surface area contributed by atoms with E-state index in [0.29, 0.717) is 5.76 Å². The van der Waals surface area contributed by atoms with Gasteiger partial charge in [-0.15, -0.1) is 0 Å². The molecule has 0 spiro atoms. The molecule has 1 fully saturated rings. The molecule has 8 heteroatoms. The van der Waals surface area contributed by atoms with Crippen LogP contribution in [0.25, 0.3) is 6.08 Å². The van der Waals surface area contributed by atoms with Gasteiger partial charge in [-0.2, -0.15) is 0 Å². The highest BCUT2D eigenvalue weighted by atomic mass is 127. The molecule has 2 amide bonds. The zero-order valence-corrected chi connectivity index (χ0v) is 14.6. The highest BCUT2D eigenvalue weighted by Gasteiger charge is 2.36. The maximum atomic E-state index is 12.6. The van der Waals surface area contributed by atoms with Crippen molar-refractivity contribution < 1.29 is 23.5 Å². The average molecular weight is 438 g/mol. The summed E-state index contributed by atoms with van der Waals surface area (Å²) < 4.78 is 10.7. The lowest BCUT2D eigenvalue weighted by Crippen LogP contribution is -2.37. The summed E-state index contributed by atoms with van der Waals surface area (Å²) in [7, 11) is 1.25. The Morgan fingerprint density at radius 3 is 2.79 bits per heavy atom. The number of halogens is 1. The van der Waals surface area contributed by atoms with Crippen LogP contribution in [0.2, 0.25) is 0 Å². The van der Waals surface area contributed by atoms with E-state index in [1.165, 1.54) is 19.4 Å². The van der Waals surface area contributed by atoms with Crippen LogP contribution in [0.4, 0.5) is 5.69 Å². The number of hydrogen-bond acceptors (Lipinski definition) is 5. The molecule has 2 aromatic rings. The fourth-order valence-corrected chi connectivity index (χ4v) is 2.71. The maximum absolute atomic E-state index is 12.6. The van der Waals surface area contributed by atoms with Crippen molar-refractivity contribution in [3.05, 3.63) is 57.1 Å². The first-order chi connectivity index (χ1) is 11.5. The zero-order chi connectivity index (χ0) is 17.3. The second kappa shape index (κ2) is 6.48. The first kappa shape index (κ1) is 16.2. The summed E-state index contributed by atoms with van der Waals surface area (Å²) in [5.74, 6) is -1.38. The van der Waals surface area contributed by atoms with Crippen LogP contribution in [0.15, 0.2) is 46.6 Å². The van der Waals surface area contributed by atoms with Gasteiger partial charge in [0.15, 0.2) is 0 Å². The molecule has 3 rings (SSSR count). The molecule has 0 atom stereocenters. The van der Waals surface area contributed by atoms with Gasteiger partial charge in [-0.25, -0.2) is 9.80 Å². The van der Waals surface area contributed by atoms with Crippen molar-refractivity contribution >= 4 is 52.1 Å². The van der Waals surface area contributed by atoms with Crippen molar-refractivity contribution in [2.45, 2.75) is 0 Å². The minimum absolute atomic E-state index is 0.0840. The molecule has 2 heterocycles. The summed E-state index contributed by atoms with van der Waals surface area (Å²) in [6.07, 6.45) is 2.79. The molecule has 1 aromatic carbocycles. The van der Waals surface area contributed by atoms with E-state index in [-0.39, 0.29) is 16.8 Å². The first-order valence-electron chi connectivity index (χ1n) is 6.80.